The normalized spacial score (nSPS) is 10.9. The molecule has 2 nitrogen and oxygen atoms in total. The molecular formula is C10H11ClN2. The van der Waals surface area contributed by atoms with Crippen LogP contribution in [0.15, 0.2) is 24.3 Å². The first-order valence-electron chi connectivity index (χ1n) is 4.27. The first-order chi connectivity index (χ1) is 6.29. The quantitative estimate of drug-likeness (QED) is 0.757. The Kier molecular flexibility index (Phi) is 2.25. The fraction of sp³-hybridized carbons (Fsp3) is 0.200. The van der Waals surface area contributed by atoms with Gasteiger partial charge in [-0.3, -0.25) is 0 Å². The van der Waals surface area contributed by atoms with E-state index in [0.29, 0.717) is 6.54 Å². The molecule has 0 unspecified atom stereocenters. The molecule has 1 heterocycles. The highest BCUT2D eigenvalue weighted by molar-refractivity contribution is 6.31. The van der Waals surface area contributed by atoms with E-state index in [9.17, 15) is 0 Å². The molecule has 2 rings (SSSR count). The van der Waals surface area contributed by atoms with Crippen LogP contribution in [0.1, 0.15) is 5.69 Å². The van der Waals surface area contributed by atoms with Crippen LogP contribution in [-0.2, 0) is 6.42 Å². The van der Waals surface area contributed by atoms with Crippen molar-refractivity contribution < 1.29 is 0 Å². The Labute approximate surface area is 81.7 Å². The van der Waals surface area contributed by atoms with E-state index in [1.165, 1.54) is 11.1 Å². The Bertz CT molecular complexity index is 420. The summed E-state index contributed by atoms with van der Waals surface area (Å²) in [6, 6.07) is 7.94. The van der Waals surface area contributed by atoms with Gasteiger partial charge in [-0.15, -0.1) is 0 Å². The first-order valence-corrected chi connectivity index (χ1v) is 4.64. The molecule has 68 valence electrons. The second-order valence-electron chi connectivity index (χ2n) is 3.06. The fourth-order valence-electron chi connectivity index (χ4n) is 1.45. The summed E-state index contributed by atoms with van der Waals surface area (Å²) < 4.78 is 0. The van der Waals surface area contributed by atoms with Gasteiger partial charge in [0.1, 0.15) is 0 Å². The molecule has 0 saturated carbocycles. The van der Waals surface area contributed by atoms with Crippen LogP contribution in [0.4, 0.5) is 0 Å². The van der Waals surface area contributed by atoms with E-state index in [4.69, 9.17) is 17.3 Å². The van der Waals surface area contributed by atoms with Gasteiger partial charge in [0.05, 0.1) is 0 Å². The lowest BCUT2D eigenvalue weighted by Crippen LogP contribution is -2.02. The number of hydrogen-bond acceptors (Lipinski definition) is 1. The van der Waals surface area contributed by atoms with Gasteiger partial charge >= 0.3 is 0 Å². The molecule has 3 N–H and O–H groups in total. The molecule has 2 aromatic rings. The number of rotatable bonds is 2. The van der Waals surface area contributed by atoms with Crippen molar-refractivity contribution in [3.8, 4) is 0 Å². The van der Waals surface area contributed by atoms with Crippen LogP contribution >= 0.6 is 11.6 Å². The second kappa shape index (κ2) is 3.40. The van der Waals surface area contributed by atoms with Crippen molar-refractivity contribution in [1.82, 2.24) is 4.98 Å². The highest BCUT2D eigenvalue weighted by Gasteiger charge is 1.99. The summed E-state index contributed by atoms with van der Waals surface area (Å²) in [5.41, 5.74) is 7.71. The molecule has 0 amide bonds. The van der Waals surface area contributed by atoms with Crippen molar-refractivity contribution in [2.45, 2.75) is 6.42 Å². The van der Waals surface area contributed by atoms with Gasteiger partial charge < -0.3 is 10.7 Å². The molecule has 0 atom stereocenters. The summed E-state index contributed by atoms with van der Waals surface area (Å²) >= 11 is 5.86. The molecule has 0 aliphatic heterocycles. The van der Waals surface area contributed by atoms with E-state index in [-0.39, 0.29) is 0 Å². The van der Waals surface area contributed by atoms with Gasteiger partial charge in [0.25, 0.3) is 0 Å². The number of halogens is 1. The van der Waals surface area contributed by atoms with Gasteiger partial charge in [-0.05, 0) is 36.6 Å². The molecule has 13 heavy (non-hydrogen) atoms. The molecule has 0 fully saturated rings. The van der Waals surface area contributed by atoms with Crippen molar-refractivity contribution >= 4 is 22.5 Å². The highest BCUT2D eigenvalue weighted by atomic mass is 35.5. The Hall–Kier alpha value is -0.990. The fourth-order valence-corrected chi connectivity index (χ4v) is 1.62. The molecule has 1 aromatic carbocycles. The molecule has 1 aromatic heterocycles. The van der Waals surface area contributed by atoms with Gasteiger partial charge in [0.2, 0.25) is 0 Å². The Morgan fingerprint density at radius 2 is 2.15 bits per heavy atom. The Morgan fingerprint density at radius 3 is 2.92 bits per heavy atom. The largest absolute Gasteiger partial charge is 0.358 e. The van der Waals surface area contributed by atoms with E-state index >= 15 is 0 Å². The average molecular weight is 195 g/mol. The maximum Gasteiger partial charge on any atom is 0.0471 e. The van der Waals surface area contributed by atoms with E-state index in [1.54, 1.807) is 0 Å². The lowest BCUT2D eigenvalue weighted by Gasteiger charge is -1.90. The van der Waals surface area contributed by atoms with Gasteiger partial charge in [-0.2, -0.15) is 0 Å². The van der Waals surface area contributed by atoms with E-state index < -0.39 is 0 Å². The Morgan fingerprint density at radius 1 is 1.31 bits per heavy atom. The number of nitrogens with one attached hydrogen (secondary N) is 1. The number of fused-ring (bicyclic) bond motifs is 1. The number of nitrogens with two attached hydrogens (primary N) is 1. The first kappa shape index (κ1) is 8.60. The zero-order valence-electron chi connectivity index (χ0n) is 7.18. The third kappa shape index (κ3) is 1.69. The zero-order chi connectivity index (χ0) is 9.26. The summed E-state index contributed by atoms with van der Waals surface area (Å²) in [7, 11) is 0. The smallest absolute Gasteiger partial charge is 0.0471 e. The van der Waals surface area contributed by atoms with Gasteiger partial charge in [-0.1, -0.05) is 17.7 Å². The SMILES string of the molecule is NCCc1cc2ccc(Cl)cc2[nH]1. The summed E-state index contributed by atoms with van der Waals surface area (Å²) in [5.74, 6) is 0. The average Bonchev–Trinajstić information content (AvgIpc) is 2.46. The van der Waals surface area contributed by atoms with Crippen LogP contribution in [0.2, 0.25) is 5.02 Å². The zero-order valence-corrected chi connectivity index (χ0v) is 7.93. The summed E-state index contributed by atoms with van der Waals surface area (Å²) in [4.78, 5) is 3.27. The summed E-state index contributed by atoms with van der Waals surface area (Å²) in [5, 5.41) is 1.95. The number of benzene rings is 1. The van der Waals surface area contributed by atoms with Crippen molar-refractivity contribution in [3.63, 3.8) is 0 Å². The minimum Gasteiger partial charge on any atom is -0.358 e. The van der Waals surface area contributed by atoms with E-state index in [2.05, 4.69) is 11.1 Å². The molecule has 0 aliphatic rings. The van der Waals surface area contributed by atoms with Crippen LogP contribution in [0, 0.1) is 0 Å². The topological polar surface area (TPSA) is 41.8 Å². The van der Waals surface area contributed by atoms with Gasteiger partial charge in [0, 0.05) is 16.2 Å². The minimum atomic E-state index is 0.667. The van der Waals surface area contributed by atoms with Crippen molar-refractivity contribution in [2.75, 3.05) is 6.54 Å². The van der Waals surface area contributed by atoms with Crippen LogP contribution in [0.3, 0.4) is 0 Å². The van der Waals surface area contributed by atoms with Crippen LogP contribution in [0.25, 0.3) is 10.9 Å². The van der Waals surface area contributed by atoms with Crippen molar-refractivity contribution in [1.29, 1.82) is 0 Å². The minimum absolute atomic E-state index is 0.667. The predicted octanol–water partition coefficient (Wildman–Crippen LogP) is 2.32. The van der Waals surface area contributed by atoms with E-state index in [1.807, 2.05) is 18.2 Å². The number of hydrogen-bond donors (Lipinski definition) is 2. The van der Waals surface area contributed by atoms with Crippen LogP contribution in [-0.4, -0.2) is 11.5 Å². The third-order valence-electron chi connectivity index (χ3n) is 2.05. The van der Waals surface area contributed by atoms with Crippen molar-refractivity contribution in [3.05, 3.63) is 35.0 Å². The second-order valence-corrected chi connectivity index (χ2v) is 3.50. The number of H-pyrrole nitrogens is 1. The molecule has 0 aliphatic carbocycles. The number of aromatic amines is 1. The molecule has 3 heteroatoms. The molecule has 0 radical (unpaired) electrons. The summed E-state index contributed by atoms with van der Waals surface area (Å²) in [6.07, 6.45) is 0.881. The maximum absolute atomic E-state index is 5.86. The molecular weight excluding hydrogens is 184 g/mol. The maximum atomic E-state index is 5.86. The lowest BCUT2D eigenvalue weighted by atomic mass is 10.2. The molecule has 0 bridgehead atoms. The molecule has 0 spiro atoms. The van der Waals surface area contributed by atoms with E-state index in [0.717, 1.165) is 17.0 Å². The van der Waals surface area contributed by atoms with Crippen LogP contribution < -0.4 is 5.73 Å². The highest BCUT2D eigenvalue weighted by Crippen LogP contribution is 2.19. The lowest BCUT2D eigenvalue weighted by molar-refractivity contribution is 0.940. The third-order valence-corrected chi connectivity index (χ3v) is 2.29. The van der Waals surface area contributed by atoms with Gasteiger partial charge in [0.15, 0.2) is 0 Å². The monoisotopic (exact) mass is 194 g/mol. The summed E-state index contributed by atoms with van der Waals surface area (Å²) in [6.45, 7) is 0.667. The standard InChI is InChI=1S/C10H11ClN2/c11-8-2-1-7-5-9(3-4-12)13-10(7)6-8/h1-2,5-6,13H,3-4,12H2. The van der Waals surface area contributed by atoms with Crippen LogP contribution in [0.5, 0.6) is 0 Å². The Balaban J connectivity index is 2.49. The predicted molar refractivity (Wildman–Crippen MR) is 56.1 cm³/mol. The van der Waals surface area contributed by atoms with Gasteiger partial charge in [-0.25, -0.2) is 0 Å². The van der Waals surface area contributed by atoms with Crippen molar-refractivity contribution in [2.24, 2.45) is 5.73 Å². The number of aromatic nitrogens is 1. The molecule has 0 saturated heterocycles.